The van der Waals surface area contributed by atoms with Gasteiger partial charge in [-0.1, -0.05) is 6.07 Å². The number of hydrogen-bond acceptors (Lipinski definition) is 7. The van der Waals surface area contributed by atoms with Gasteiger partial charge in [-0.05, 0) is 32.0 Å². The average molecular weight is 479 g/mol. The summed E-state index contributed by atoms with van der Waals surface area (Å²) in [5, 5.41) is 24.4. The van der Waals surface area contributed by atoms with Crippen molar-refractivity contribution in [1.82, 2.24) is 9.97 Å². The molecule has 2 aromatic heterocycles. The molecule has 0 saturated carbocycles. The molecule has 174 valence electrons. The number of hydrogen-bond donors (Lipinski definition) is 3. The van der Waals surface area contributed by atoms with E-state index in [0.29, 0.717) is 0 Å². The molecule has 3 heterocycles. The van der Waals surface area contributed by atoms with Crippen LogP contribution in [0.5, 0.6) is 0 Å². The molecule has 7 nitrogen and oxygen atoms in total. The second kappa shape index (κ2) is 8.82. The molecule has 1 saturated heterocycles. The predicted octanol–water partition coefficient (Wildman–Crippen LogP) is 3.65. The number of benzene rings is 1. The first kappa shape index (κ1) is 23.3. The van der Waals surface area contributed by atoms with Crippen LogP contribution in [-0.2, 0) is 4.74 Å². The lowest BCUT2D eigenvalue weighted by Crippen LogP contribution is -2.59. The molecule has 0 aliphatic carbocycles. The van der Waals surface area contributed by atoms with Crippen molar-refractivity contribution >= 4 is 22.9 Å². The molecule has 3 aromatic rings. The van der Waals surface area contributed by atoms with Gasteiger partial charge >= 0.3 is 0 Å². The smallest absolute Gasteiger partial charge is 0.275 e. The molecular formula is C22H20F3N3O4S. The van der Waals surface area contributed by atoms with Crippen LogP contribution in [-0.4, -0.2) is 50.1 Å². The lowest BCUT2D eigenvalue weighted by Gasteiger charge is -2.45. The van der Waals surface area contributed by atoms with Gasteiger partial charge in [0, 0.05) is 17.1 Å². The van der Waals surface area contributed by atoms with Gasteiger partial charge in [-0.15, -0.1) is 11.3 Å². The van der Waals surface area contributed by atoms with Crippen molar-refractivity contribution < 1.29 is 32.9 Å². The topological polar surface area (TPSA) is 105 Å². The van der Waals surface area contributed by atoms with Crippen LogP contribution in [0.2, 0.25) is 0 Å². The zero-order valence-corrected chi connectivity index (χ0v) is 18.3. The second-order valence-electron chi connectivity index (χ2n) is 7.87. The number of pyridine rings is 1. The number of alkyl halides is 1. The lowest BCUT2D eigenvalue weighted by atomic mass is 9.83. The van der Waals surface area contributed by atoms with Gasteiger partial charge in [0.25, 0.3) is 5.91 Å². The second-order valence-corrected chi connectivity index (χ2v) is 8.72. The molecule has 0 bridgehead atoms. The highest BCUT2D eigenvalue weighted by molar-refractivity contribution is 7.13. The number of aliphatic hydroxyl groups excluding tert-OH is 1. The number of halogens is 3. The summed E-state index contributed by atoms with van der Waals surface area (Å²) in [7, 11) is 0. The molecule has 1 amide bonds. The first-order valence-corrected chi connectivity index (χ1v) is 10.8. The van der Waals surface area contributed by atoms with E-state index in [-0.39, 0.29) is 27.5 Å². The van der Waals surface area contributed by atoms with Gasteiger partial charge in [-0.2, -0.15) is 0 Å². The van der Waals surface area contributed by atoms with Crippen molar-refractivity contribution in [3.8, 4) is 10.6 Å². The Kier molecular flexibility index (Phi) is 6.23. The standard InChI is InChI=1S/C22H20F3N3O4S/c1-10-22(2,31)19(29)17(25)18(32-10)11-6-7-26-8-14(11)27-20(30)15-9-33-21(28-15)16-12(23)4-3-5-13(16)24/h3-10,17-19,29,31H,1-2H3,(H,27,30)/t10-,17-,18+,19-,22-/m1/s1. The third kappa shape index (κ3) is 4.24. The number of anilines is 1. The van der Waals surface area contributed by atoms with Gasteiger partial charge in [-0.25, -0.2) is 18.2 Å². The van der Waals surface area contributed by atoms with E-state index in [1.54, 1.807) is 0 Å². The molecule has 1 aliphatic heterocycles. The Bertz CT molecular complexity index is 1170. The summed E-state index contributed by atoms with van der Waals surface area (Å²) in [6.07, 6.45) is -3.25. The molecule has 1 aromatic carbocycles. The zero-order chi connectivity index (χ0) is 23.9. The van der Waals surface area contributed by atoms with Crippen LogP contribution >= 0.6 is 11.3 Å². The highest BCUT2D eigenvalue weighted by Gasteiger charge is 2.51. The van der Waals surface area contributed by atoms with Crippen LogP contribution in [0, 0.1) is 11.6 Å². The largest absolute Gasteiger partial charge is 0.387 e. The minimum Gasteiger partial charge on any atom is -0.387 e. The van der Waals surface area contributed by atoms with E-state index in [1.165, 1.54) is 43.8 Å². The summed E-state index contributed by atoms with van der Waals surface area (Å²) < 4.78 is 48.7. The fraction of sp³-hybridized carbons (Fsp3) is 0.318. The van der Waals surface area contributed by atoms with Gasteiger partial charge in [0.1, 0.15) is 40.1 Å². The molecule has 33 heavy (non-hydrogen) atoms. The van der Waals surface area contributed by atoms with E-state index in [4.69, 9.17) is 4.74 Å². The molecular weight excluding hydrogens is 459 g/mol. The molecule has 0 radical (unpaired) electrons. The molecule has 1 aliphatic rings. The summed E-state index contributed by atoms with van der Waals surface area (Å²) >= 11 is 0.890. The number of rotatable bonds is 4. The molecule has 11 heteroatoms. The van der Waals surface area contributed by atoms with Gasteiger partial charge in [-0.3, -0.25) is 9.78 Å². The highest BCUT2D eigenvalue weighted by Crippen LogP contribution is 2.41. The fourth-order valence-electron chi connectivity index (χ4n) is 3.55. The van der Waals surface area contributed by atoms with Crippen LogP contribution in [0.4, 0.5) is 18.9 Å². The number of aliphatic hydroxyl groups is 2. The van der Waals surface area contributed by atoms with Crippen LogP contribution < -0.4 is 5.32 Å². The van der Waals surface area contributed by atoms with E-state index in [1.807, 2.05) is 0 Å². The average Bonchev–Trinajstić information content (AvgIpc) is 3.25. The number of thiazole rings is 1. The quantitative estimate of drug-likeness (QED) is 0.528. The van der Waals surface area contributed by atoms with E-state index < -0.39 is 47.6 Å². The van der Waals surface area contributed by atoms with Crippen molar-refractivity contribution in [3.63, 3.8) is 0 Å². The molecule has 0 spiro atoms. The number of amides is 1. The Hall–Kier alpha value is -2.86. The third-order valence-electron chi connectivity index (χ3n) is 5.69. The highest BCUT2D eigenvalue weighted by atomic mass is 32.1. The maximum Gasteiger partial charge on any atom is 0.275 e. The Morgan fingerprint density at radius 2 is 1.97 bits per heavy atom. The van der Waals surface area contributed by atoms with Gasteiger partial charge in [0.2, 0.25) is 0 Å². The molecule has 1 fully saturated rings. The minimum absolute atomic E-state index is 0.0132. The van der Waals surface area contributed by atoms with E-state index in [0.717, 1.165) is 23.5 Å². The predicted molar refractivity (Wildman–Crippen MR) is 114 cm³/mol. The van der Waals surface area contributed by atoms with Gasteiger partial charge < -0.3 is 20.3 Å². The zero-order valence-electron chi connectivity index (χ0n) is 17.5. The van der Waals surface area contributed by atoms with Crippen molar-refractivity contribution in [3.05, 3.63) is 64.9 Å². The number of carbonyl (C=O) groups is 1. The van der Waals surface area contributed by atoms with E-state index in [9.17, 15) is 28.2 Å². The SMILES string of the molecule is C[C@H]1O[C@@H](c2ccncc2NC(=O)c2csc(-c3c(F)cccc3F)n2)[C@@H](F)[C@@H](O)[C@]1(C)O. The number of ether oxygens (including phenoxy) is 1. The Balaban J connectivity index is 1.59. The van der Waals surface area contributed by atoms with Crippen LogP contribution in [0.25, 0.3) is 10.6 Å². The first-order valence-electron chi connectivity index (χ1n) is 9.96. The summed E-state index contributed by atoms with van der Waals surface area (Å²) in [5.74, 6) is -2.33. The lowest BCUT2D eigenvalue weighted by molar-refractivity contribution is -0.245. The summed E-state index contributed by atoms with van der Waals surface area (Å²) in [6.45, 7) is 2.78. The van der Waals surface area contributed by atoms with Gasteiger partial charge in [0.15, 0.2) is 6.17 Å². The van der Waals surface area contributed by atoms with Crippen molar-refractivity contribution in [2.45, 2.75) is 43.9 Å². The summed E-state index contributed by atoms with van der Waals surface area (Å²) in [4.78, 5) is 20.7. The van der Waals surface area contributed by atoms with Crippen molar-refractivity contribution in [2.75, 3.05) is 5.32 Å². The number of nitrogens with one attached hydrogen (secondary N) is 1. The van der Waals surface area contributed by atoms with Crippen LogP contribution in [0.15, 0.2) is 42.0 Å². The number of aromatic nitrogens is 2. The maximum absolute atomic E-state index is 15.0. The van der Waals surface area contributed by atoms with Gasteiger partial charge in [0.05, 0.1) is 23.6 Å². The first-order chi connectivity index (χ1) is 15.6. The van der Waals surface area contributed by atoms with Crippen LogP contribution in [0.1, 0.15) is 36.0 Å². The van der Waals surface area contributed by atoms with Crippen molar-refractivity contribution in [1.29, 1.82) is 0 Å². The van der Waals surface area contributed by atoms with Crippen LogP contribution in [0.3, 0.4) is 0 Å². The molecule has 4 rings (SSSR count). The monoisotopic (exact) mass is 479 g/mol. The van der Waals surface area contributed by atoms with Crippen molar-refractivity contribution in [2.24, 2.45) is 0 Å². The Morgan fingerprint density at radius 1 is 1.27 bits per heavy atom. The number of nitrogens with zero attached hydrogens (tertiary/aromatic N) is 2. The van der Waals surface area contributed by atoms with E-state index >= 15 is 0 Å². The Morgan fingerprint density at radius 3 is 2.67 bits per heavy atom. The molecule has 5 atom stereocenters. The Labute approximate surface area is 190 Å². The van der Waals surface area contributed by atoms with E-state index in [2.05, 4.69) is 15.3 Å². The fourth-order valence-corrected chi connectivity index (χ4v) is 4.39. The normalized spacial score (nSPS) is 27.4. The minimum atomic E-state index is -1.98. The molecule has 3 N–H and O–H groups in total. The number of carbonyl (C=O) groups excluding carboxylic acids is 1. The summed E-state index contributed by atoms with van der Waals surface area (Å²) in [6, 6.07) is 4.83. The third-order valence-corrected chi connectivity index (χ3v) is 6.55. The molecule has 0 unspecified atom stereocenters. The summed E-state index contributed by atoms with van der Waals surface area (Å²) in [5.41, 5.74) is -1.95. The maximum atomic E-state index is 15.0.